The van der Waals surface area contributed by atoms with Crippen LogP contribution in [0.2, 0.25) is 0 Å². The van der Waals surface area contributed by atoms with Crippen LogP contribution >= 0.6 is 0 Å². The summed E-state index contributed by atoms with van der Waals surface area (Å²) in [4.78, 5) is 14.3. The van der Waals surface area contributed by atoms with Gasteiger partial charge in [-0.25, -0.2) is 0 Å². The Kier molecular flexibility index (Phi) is 6.09. The van der Waals surface area contributed by atoms with Crippen LogP contribution in [0.3, 0.4) is 0 Å². The van der Waals surface area contributed by atoms with Crippen LogP contribution in [0.25, 0.3) is 0 Å². The van der Waals surface area contributed by atoms with Gasteiger partial charge < -0.3 is 15.0 Å². The zero-order valence-electron chi connectivity index (χ0n) is 12.3. The van der Waals surface area contributed by atoms with Crippen molar-refractivity contribution >= 4 is 5.97 Å². The van der Waals surface area contributed by atoms with Crippen molar-refractivity contribution in [3.8, 4) is 0 Å². The van der Waals surface area contributed by atoms with Crippen molar-refractivity contribution in [2.45, 2.75) is 45.6 Å². The summed E-state index contributed by atoms with van der Waals surface area (Å²) in [6, 6.07) is 0. The van der Waals surface area contributed by atoms with Crippen molar-refractivity contribution in [2.75, 3.05) is 33.3 Å². The first-order valence-electron chi connectivity index (χ1n) is 7.12. The van der Waals surface area contributed by atoms with E-state index < -0.39 is 5.54 Å². The Labute approximate surface area is 111 Å². The maximum Gasteiger partial charge on any atom is 0.327 e. The predicted molar refractivity (Wildman–Crippen MR) is 73.6 cm³/mol. The van der Waals surface area contributed by atoms with Gasteiger partial charge in [-0.05, 0) is 52.6 Å². The molecule has 1 atom stereocenters. The van der Waals surface area contributed by atoms with Crippen molar-refractivity contribution in [3.05, 3.63) is 0 Å². The number of esters is 1. The molecule has 0 bridgehead atoms. The van der Waals surface area contributed by atoms with E-state index in [2.05, 4.69) is 24.2 Å². The molecule has 0 aliphatic heterocycles. The molecule has 0 heterocycles. The molecule has 4 nitrogen and oxygen atoms in total. The van der Waals surface area contributed by atoms with Gasteiger partial charge in [-0.15, -0.1) is 0 Å². The highest BCUT2D eigenvalue weighted by Crippen LogP contribution is 2.29. The van der Waals surface area contributed by atoms with Crippen LogP contribution in [-0.2, 0) is 9.53 Å². The standard InChI is InChI=1S/C14H28N2O2/c1-5-9-15-14(3,13(17)18-6-2)11-16(4)10-12-7-8-12/h12,15H,5-11H2,1-4H3. The summed E-state index contributed by atoms with van der Waals surface area (Å²) in [5, 5.41) is 3.34. The molecule has 0 radical (unpaired) electrons. The van der Waals surface area contributed by atoms with Gasteiger partial charge >= 0.3 is 5.97 Å². The van der Waals surface area contributed by atoms with E-state index in [0.29, 0.717) is 13.2 Å². The monoisotopic (exact) mass is 256 g/mol. The number of carbonyl (C=O) groups is 1. The molecule has 0 aromatic rings. The third kappa shape index (κ3) is 4.94. The molecule has 1 rings (SSSR count). The van der Waals surface area contributed by atoms with Gasteiger partial charge in [0, 0.05) is 13.1 Å². The van der Waals surface area contributed by atoms with E-state index in [0.717, 1.165) is 25.4 Å². The van der Waals surface area contributed by atoms with Crippen molar-refractivity contribution in [1.29, 1.82) is 0 Å². The quantitative estimate of drug-likeness (QED) is 0.637. The van der Waals surface area contributed by atoms with Gasteiger partial charge in [0.05, 0.1) is 6.61 Å². The van der Waals surface area contributed by atoms with Crippen molar-refractivity contribution < 1.29 is 9.53 Å². The summed E-state index contributed by atoms with van der Waals surface area (Å²) in [5.41, 5.74) is -0.588. The molecule has 1 N–H and O–H groups in total. The fourth-order valence-corrected chi connectivity index (χ4v) is 2.23. The first-order valence-corrected chi connectivity index (χ1v) is 7.12. The van der Waals surface area contributed by atoms with E-state index in [1.54, 1.807) is 0 Å². The van der Waals surface area contributed by atoms with Gasteiger partial charge in [0.25, 0.3) is 0 Å². The number of hydrogen-bond acceptors (Lipinski definition) is 4. The smallest absolute Gasteiger partial charge is 0.327 e. The summed E-state index contributed by atoms with van der Waals surface area (Å²) in [6.07, 6.45) is 3.69. The van der Waals surface area contributed by atoms with E-state index in [1.807, 2.05) is 13.8 Å². The van der Waals surface area contributed by atoms with Gasteiger partial charge in [0.1, 0.15) is 5.54 Å². The zero-order chi connectivity index (χ0) is 13.6. The average molecular weight is 256 g/mol. The third-order valence-electron chi connectivity index (χ3n) is 3.34. The number of rotatable bonds is 9. The molecule has 1 unspecified atom stereocenters. The molecule has 0 spiro atoms. The maximum absolute atomic E-state index is 12.1. The third-order valence-corrected chi connectivity index (χ3v) is 3.34. The van der Waals surface area contributed by atoms with E-state index in [4.69, 9.17) is 4.74 Å². The molecule has 1 aliphatic rings. The van der Waals surface area contributed by atoms with Gasteiger partial charge in [0.2, 0.25) is 0 Å². The van der Waals surface area contributed by atoms with Crippen molar-refractivity contribution in [1.82, 2.24) is 10.2 Å². The topological polar surface area (TPSA) is 41.6 Å². The minimum Gasteiger partial charge on any atom is -0.465 e. The summed E-state index contributed by atoms with van der Waals surface area (Å²) in [5.74, 6) is 0.703. The fraction of sp³-hybridized carbons (Fsp3) is 0.929. The second-order valence-corrected chi connectivity index (χ2v) is 5.62. The Hall–Kier alpha value is -0.610. The summed E-state index contributed by atoms with van der Waals surface area (Å²) >= 11 is 0. The van der Waals surface area contributed by atoms with Crippen molar-refractivity contribution in [3.63, 3.8) is 0 Å². The molecule has 0 saturated heterocycles. The predicted octanol–water partition coefficient (Wildman–Crippen LogP) is 1.65. The number of nitrogens with zero attached hydrogens (tertiary/aromatic N) is 1. The van der Waals surface area contributed by atoms with Crippen molar-refractivity contribution in [2.24, 2.45) is 5.92 Å². The normalized spacial score (nSPS) is 18.7. The van der Waals surface area contributed by atoms with Gasteiger partial charge in [-0.2, -0.15) is 0 Å². The first-order chi connectivity index (χ1) is 8.51. The Balaban J connectivity index is 2.53. The summed E-state index contributed by atoms with van der Waals surface area (Å²) < 4.78 is 5.20. The minimum absolute atomic E-state index is 0.138. The van der Waals surface area contributed by atoms with E-state index in [9.17, 15) is 4.79 Å². The number of nitrogens with one attached hydrogen (secondary N) is 1. The van der Waals surface area contributed by atoms with Crippen LogP contribution in [-0.4, -0.2) is 49.7 Å². The lowest BCUT2D eigenvalue weighted by Crippen LogP contribution is -2.57. The highest BCUT2D eigenvalue weighted by molar-refractivity contribution is 5.80. The molecular weight excluding hydrogens is 228 g/mol. The molecule has 18 heavy (non-hydrogen) atoms. The lowest BCUT2D eigenvalue weighted by molar-refractivity contribution is -0.151. The fourth-order valence-electron chi connectivity index (χ4n) is 2.23. The number of ether oxygens (including phenoxy) is 1. The largest absolute Gasteiger partial charge is 0.465 e. The minimum atomic E-state index is -0.588. The number of likely N-dealkylation sites (N-methyl/N-ethyl adjacent to an activating group) is 1. The molecule has 0 amide bonds. The second-order valence-electron chi connectivity index (χ2n) is 5.62. The van der Waals surface area contributed by atoms with Crippen LogP contribution in [0.4, 0.5) is 0 Å². The molecule has 0 aromatic carbocycles. The van der Waals surface area contributed by atoms with E-state index in [1.165, 1.54) is 12.8 Å². The summed E-state index contributed by atoms with van der Waals surface area (Å²) in [7, 11) is 2.09. The number of hydrogen-bond donors (Lipinski definition) is 1. The van der Waals surface area contributed by atoms with Crippen LogP contribution in [0, 0.1) is 5.92 Å². The van der Waals surface area contributed by atoms with E-state index in [-0.39, 0.29) is 5.97 Å². The highest BCUT2D eigenvalue weighted by atomic mass is 16.5. The molecule has 1 saturated carbocycles. The van der Waals surface area contributed by atoms with Crippen LogP contribution in [0.5, 0.6) is 0 Å². The Bertz CT molecular complexity index is 267. The Morgan fingerprint density at radius 3 is 2.61 bits per heavy atom. The molecule has 1 fully saturated rings. The maximum atomic E-state index is 12.1. The number of carbonyl (C=O) groups excluding carboxylic acids is 1. The zero-order valence-corrected chi connectivity index (χ0v) is 12.3. The Morgan fingerprint density at radius 2 is 2.11 bits per heavy atom. The van der Waals surface area contributed by atoms with Gasteiger partial charge in [-0.1, -0.05) is 6.92 Å². The van der Waals surface area contributed by atoms with E-state index >= 15 is 0 Å². The molecular formula is C14H28N2O2. The van der Waals surface area contributed by atoms with Crippen LogP contribution < -0.4 is 5.32 Å². The lowest BCUT2D eigenvalue weighted by atomic mass is 10.0. The highest BCUT2D eigenvalue weighted by Gasteiger charge is 2.36. The van der Waals surface area contributed by atoms with Gasteiger partial charge in [0.15, 0.2) is 0 Å². The molecule has 0 aromatic heterocycles. The first kappa shape index (κ1) is 15.4. The molecule has 1 aliphatic carbocycles. The lowest BCUT2D eigenvalue weighted by Gasteiger charge is -2.32. The second kappa shape index (κ2) is 7.10. The van der Waals surface area contributed by atoms with Crippen LogP contribution in [0.15, 0.2) is 0 Å². The van der Waals surface area contributed by atoms with Gasteiger partial charge in [-0.3, -0.25) is 4.79 Å². The van der Waals surface area contributed by atoms with Crippen LogP contribution in [0.1, 0.15) is 40.0 Å². The average Bonchev–Trinajstić information content (AvgIpc) is 3.10. The Morgan fingerprint density at radius 1 is 1.44 bits per heavy atom. The SMILES string of the molecule is CCCNC(C)(CN(C)CC1CC1)C(=O)OCC. The summed E-state index contributed by atoms with van der Waals surface area (Å²) in [6.45, 7) is 8.98. The molecule has 4 heteroatoms. The molecule has 106 valence electrons.